The number of rotatable bonds is 6. The van der Waals surface area contributed by atoms with Crippen molar-refractivity contribution in [1.29, 1.82) is 0 Å². The van der Waals surface area contributed by atoms with E-state index in [9.17, 15) is 4.79 Å². The van der Waals surface area contributed by atoms with Crippen LogP contribution in [0.15, 0.2) is 12.2 Å². The molecule has 1 nitrogen and oxygen atoms in total. The fraction of sp³-hybridized carbons (Fsp3) is 0.533. The first-order valence-corrected chi connectivity index (χ1v) is 5.92. The van der Waals surface area contributed by atoms with Crippen LogP contribution in [-0.2, 0) is 4.79 Å². The minimum Gasteiger partial charge on any atom is -0.300 e. The highest BCUT2D eigenvalue weighted by atomic mass is 16.1. The van der Waals surface area contributed by atoms with Gasteiger partial charge in [-0.25, -0.2) is 0 Å². The minimum absolute atomic E-state index is 0.323. The summed E-state index contributed by atoms with van der Waals surface area (Å²) in [6.07, 6.45) is 8.86. The molecule has 0 unspecified atom stereocenters. The predicted molar refractivity (Wildman–Crippen MR) is 68.7 cm³/mol. The van der Waals surface area contributed by atoms with Gasteiger partial charge in [-0.1, -0.05) is 37.7 Å². The lowest BCUT2D eigenvalue weighted by molar-refractivity contribution is -0.119. The average molecular weight is 216 g/mol. The first kappa shape index (κ1) is 14.5. The van der Waals surface area contributed by atoms with E-state index in [1.165, 1.54) is 0 Å². The molecule has 0 rings (SSSR count). The standard InChI is InChI=1S/C15H20O/c1-3-5-7-8-9-10-12-14-15(16)13-11-6-4-2/h3,5H,4,6,11-14H2,1-2H3/b5-3+. The van der Waals surface area contributed by atoms with Crippen LogP contribution in [0.2, 0.25) is 0 Å². The molecule has 0 aliphatic heterocycles. The SMILES string of the molecule is C/C=C/C#CC#CCCC(=O)CCCCC. The molecule has 0 aromatic heterocycles. The van der Waals surface area contributed by atoms with Crippen LogP contribution in [0.3, 0.4) is 0 Å². The molecule has 0 atom stereocenters. The Labute approximate surface area is 99.3 Å². The normalized spacial score (nSPS) is 9.12. The van der Waals surface area contributed by atoms with E-state index in [1.807, 2.05) is 13.0 Å². The Morgan fingerprint density at radius 1 is 1.19 bits per heavy atom. The molecule has 0 saturated carbocycles. The van der Waals surface area contributed by atoms with Crippen LogP contribution < -0.4 is 0 Å². The maximum atomic E-state index is 11.3. The largest absolute Gasteiger partial charge is 0.300 e. The Bertz CT molecular complexity index is 328. The first-order valence-electron chi connectivity index (χ1n) is 5.92. The van der Waals surface area contributed by atoms with Gasteiger partial charge in [0.05, 0.1) is 0 Å². The Balaban J connectivity index is 3.58. The van der Waals surface area contributed by atoms with Gasteiger partial charge in [0.2, 0.25) is 0 Å². The van der Waals surface area contributed by atoms with Crippen molar-refractivity contribution in [3.05, 3.63) is 12.2 Å². The van der Waals surface area contributed by atoms with E-state index in [0.29, 0.717) is 25.0 Å². The minimum atomic E-state index is 0.323. The molecule has 0 aromatic carbocycles. The molecular formula is C15H20O. The molecule has 0 N–H and O–H groups in total. The molecule has 0 saturated heterocycles. The third-order valence-corrected chi connectivity index (χ3v) is 2.06. The molecule has 0 bridgehead atoms. The van der Waals surface area contributed by atoms with Crippen molar-refractivity contribution in [1.82, 2.24) is 0 Å². The summed E-state index contributed by atoms with van der Waals surface area (Å²) in [7, 11) is 0. The van der Waals surface area contributed by atoms with Crippen molar-refractivity contribution in [2.75, 3.05) is 0 Å². The highest BCUT2D eigenvalue weighted by molar-refractivity contribution is 5.78. The van der Waals surface area contributed by atoms with Gasteiger partial charge in [0.15, 0.2) is 0 Å². The van der Waals surface area contributed by atoms with Gasteiger partial charge in [0.25, 0.3) is 0 Å². The molecule has 0 aliphatic carbocycles. The highest BCUT2D eigenvalue weighted by Crippen LogP contribution is 2.02. The molecule has 0 aromatic rings. The van der Waals surface area contributed by atoms with Gasteiger partial charge >= 0.3 is 0 Å². The summed E-state index contributed by atoms with van der Waals surface area (Å²) in [5, 5.41) is 0. The number of unbranched alkanes of at least 4 members (excludes halogenated alkanes) is 2. The first-order chi connectivity index (χ1) is 7.81. The fourth-order valence-electron chi connectivity index (χ4n) is 1.17. The number of carbonyl (C=O) groups excluding carboxylic acids is 1. The van der Waals surface area contributed by atoms with Gasteiger partial charge in [0.1, 0.15) is 5.78 Å². The van der Waals surface area contributed by atoms with Crippen molar-refractivity contribution in [2.24, 2.45) is 0 Å². The lowest BCUT2D eigenvalue weighted by atomic mass is 10.1. The van der Waals surface area contributed by atoms with Gasteiger partial charge in [-0.2, -0.15) is 0 Å². The molecule has 0 spiro atoms. The van der Waals surface area contributed by atoms with Gasteiger partial charge < -0.3 is 0 Å². The van der Waals surface area contributed by atoms with Gasteiger partial charge in [-0.3, -0.25) is 4.79 Å². The maximum absolute atomic E-state index is 11.3. The number of ketones is 1. The van der Waals surface area contributed by atoms with E-state index < -0.39 is 0 Å². The van der Waals surface area contributed by atoms with Gasteiger partial charge in [-0.15, -0.1) is 0 Å². The van der Waals surface area contributed by atoms with Crippen LogP contribution in [0.1, 0.15) is 52.4 Å². The van der Waals surface area contributed by atoms with Crippen LogP contribution in [0.25, 0.3) is 0 Å². The monoisotopic (exact) mass is 216 g/mol. The Hall–Kier alpha value is -1.47. The van der Waals surface area contributed by atoms with Gasteiger partial charge in [-0.05, 0) is 31.3 Å². The summed E-state index contributed by atoms with van der Waals surface area (Å²) >= 11 is 0. The summed E-state index contributed by atoms with van der Waals surface area (Å²) in [5.41, 5.74) is 0. The third kappa shape index (κ3) is 10.6. The Kier molecular flexibility index (Phi) is 10.5. The number of carbonyl (C=O) groups is 1. The Morgan fingerprint density at radius 3 is 2.69 bits per heavy atom. The van der Waals surface area contributed by atoms with E-state index >= 15 is 0 Å². The third-order valence-electron chi connectivity index (χ3n) is 2.06. The Morgan fingerprint density at radius 2 is 2.00 bits per heavy atom. The molecule has 0 heterocycles. The zero-order chi connectivity index (χ0) is 12.1. The number of hydrogen-bond acceptors (Lipinski definition) is 1. The van der Waals surface area contributed by atoms with Crippen molar-refractivity contribution < 1.29 is 4.79 Å². The van der Waals surface area contributed by atoms with Crippen molar-refractivity contribution >= 4 is 5.78 Å². The van der Waals surface area contributed by atoms with E-state index in [-0.39, 0.29) is 0 Å². The van der Waals surface area contributed by atoms with Crippen LogP contribution in [0.5, 0.6) is 0 Å². The van der Waals surface area contributed by atoms with Crippen LogP contribution in [0.4, 0.5) is 0 Å². The second-order valence-corrected chi connectivity index (χ2v) is 3.57. The maximum Gasteiger partial charge on any atom is 0.133 e. The molecule has 0 amide bonds. The van der Waals surface area contributed by atoms with Crippen molar-refractivity contribution in [2.45, 2.75) is 52.4 Å². The summed E-state index contributed by atoms with van der Waals surface area (Å²) in [6.45, 7) is 4.05. The van der Waals surface area contributed by atoms with E-state index in [1.54, 1.807) is 6.08 Å². The summed E-state index contributed by atoms with van der Waals surface area (Å²) in [5.74, 6) is 11.4. The van der Waals surface area contributed by atoms with Crippen LogP contribution >= 0.6 is 0 Å². The molecule has 1 heteroatoms. The number of hydrogen-bond donors (Lipinski definition) is 0. The smallest absolute Gasteiger partial charge is 0.133 e. The predicted octanol–water partition coefficient (Wildman–Crippen LogP) is 3.50. The van der Waals surface area contributed by atoms with Crippen molar-refractivity contribution in [3.8, 4) is 23.7 Å². The molecule has 16 heavy (non-hydrogen) atoms. The zero-order valence-electron chi connectivity index (χ0n) is 10.3. The number of allylic oxidation sites excluding steroid dienone is 2. The second kappa shape index (κ2) is 11.6. The molecular weight excluding hydrogens is 196 g/mol. The quantitative estimate of drug-likeness (QED) is 0.490. The lowest BCUT2D eigenvalue weighted by Gasteiger charge is -1.96. The number of Topliss-reactive ketones (excluding diaryl/α,β-unsaturated/α-hetero) is 1. The van der Waals surface area contributed by atoms with Gasteiger partial charge in [0, 0.05) is 19.3 Å². The topological polar surface area (TPSA) is 17.1 Å². The lowest BCUT2D eigenvalue weighted by Crippen LogP contribution is -1.96. The highest BCUT2D eigenvalue weighted by Gasteiger charge is 1.98. The van der Waals surface area contributed by atoms with E-state index in [4.69, 9.17) is 0 Å². The summed E-state index contributed by atoms with van der Waals surface area (Å²) in [6, 6.07) is 0. The van der Waals surface area contributed by atoms with Crippen LogP contribution in [-0.4, -0.2) is 5.78 Å². The average Bonchev–Trinajstić information content (AvgIpc) is 2.28. The van der Waals surface area contributed by atoms with Crippen molar-refractivity contribution in [3.63, 3.8) is 0 Å². The molecule has 0 fully saturated rings. The molecule has 86 valence electrons. The second-order valence-electron chi connectivity index (χ2n) is 3.57. The van der Waals surface area contributed by atoms with E-state index in [0.717, 1.165) is 19.3 Å². The fourth-order valence-corrected chi connectivity index (χ4v) is 1.17. The van der Waals surface area contributed by atoms with E-state index in [2.05, 4.69) is 30.6 Å². The molecule has 0 aliphatic rings. The summed E-state index contributed by atoms with van der Waals surface area (Å²) in [4.78, 5) is 11.3. The zero-order valence-corrected chi connectivity index (χ0v) is 10.3. The molecule has 0 radical (unpaired) electrons. The summed E-state index contributed by atoms with van der Waals surface area (Å²) < 4.78 is 0. The van der Waals surface area contributed by atoms with Crippen LogP contribution in [0, 0.1) is 23.7 Å².